The number of fused-ring (bicyclic) bond motifs is 2. The minimum Gasteiger partial charge on any atom is -0.497 e. The number of esters is 1. The quantitative estimate of drug-likeness (QED) is 0.335. The van der Waals surface area contributed by atoms with Gasteiger partial charge in [-0.1, -0.05) is 0 Å². The fourth-order valence-electron chi connectivity index (χ4n) is 3.94. The van der Waals surface area contributed by atoms with Crippen molar-refractivity contribution in [3.05, 3.63) is 59.0 Å². The maximum absolute atomic E-state index is 13.0. The SMILES string of the molecule is CCn1cc(C=C2Oc3c(ccc(OC(=O)C4CC4)c3C)C2=O)c2cc(OC)ccc21. The van der Waals surface area contributed by atoms with Crippen LogP contribution in [0.25, 0.3) is 17.0 Å². The molecule has 1 aromatic heterocycles. The molecule has 1 fully saturated rings. The first-order valence-electron chi connectivity index (χ1n) is 10.5. The van der Waals surface area contributed by atoms with Crippen LogP contribution in [-0.4, -0.2) is 23.4 Å². The molecule has 2 heterocycles. The largest absolute Gasteiger partial charge is 0.497 e. The van der Waals surface area contributed by atoms with Crippen LogP contribution in [0.3, 0.4) is 0 Å². The predicted octanol–water partition coefficient (Wildman–Crippen LogP) is 4.91. The third kappa shape index (κ3) is 3.28. The van der Waals surface area contributed by atoms with Gasteiger partial charge in [0, 0.05) is 34.8 Å². The van der Waals surface area contributed by atoms with Gasteiger partial charge in [0.25, 0.3) is 0 Å². The average Bonchev–Trinajstić information content (AvgIpc) is 3.51. The van der Waals surface area contributed by atoms with Crippen molar-refractivity contribution < 1.29 is 23.8 Å². The first kappa shape index (κ1) is 19.4. The van der Waals surface area contributed by atoms with Crippen molar-refractivity contribution in [2.24, 2.45) is 5.92 Å². The minimum absolute atomic E-state index is 0.00136. The molecule has 0 N–H and O–H groups in total. The highest BCUT2D eigenvalue weighted by Crippen LogP contribution is 2.41. The summed E-state index contributed by atoms with van der Waals surface area (Å²) in [5.41, 5.74) is 3.07. The Morgan fingerprint density at radius 2 is 2.06 bits per heavy atom. The van der Waals surface area contributed by atoms with Gasteiger partial charge in [0.1, 0.15) is 17.2 Å². The summed E-state index contributed by atoms with van der Waals surface area (Å²) in [5.74, 6) is 1.50. The Hall–Kier alpha value is -3.54. The van der Waals surface area contributed by atoms with E-state index in [-0.39, 0.29) is 23.4 Å². The zero-order chi connectivity index (χ0) is 21.7. The highest BCUT2D eigenvalue weighted by atomic mass is 16.5. The van der Waals surface area contributed by atoms with Gasteiger partial charge < -0.3 is 18.8 Å². The number of rotatable bonds is 5. The molecule has 158 valence electrons. The molecule has 3 aromatic rings. The van der Waals surface area contributed by atoms with Gasteiger partial charge in [0.2, 0.25) is 5.78 Å². The molecule has 0 atom stereocenters. The van der Waals surface area contributed by atoms with Crippen LogP contribution in [0, 0.1) is 12.8 Å². The fourth-order valence-corrected chi connectivity index (χ4v) is 3.94. The number of Topliss-reactive ketones (excluding diaryl/α,β-unsaturated/α-hetero) is 1. The number of allylic oxidation sites excluding steroid dienone is 1. The van der Waals surface area contributed by atoms with Gasteiger partial charge in [-0.25, -0.2) is 0 Å². The summed E-state index contributed by atoms with van der Waals surface area (Å²) in [6, 6.07) is 9.23. The second-order valence-electron chi connectivity index (χ2n) is 7.95. The van der Waals surface area contributed by atoms with E-state index in [0.29, 0.717) is 22.6 Å². The van der Waals surface area contributed by atoms with Crippen LogP contribution in [0.2, 0.25) is 0 Å². The number of hydrogen-bond acceptors (Lipinski definition) is 5. The lowest BCUT2D eigenvalue weighted by Gasteiger charge is -2.09. The van der Waals surface area contributed by atoms with Gasteiger partial charge in [-0.2, -0.15) is 0 Å². The van der Waals surface area contributed by atoms with E-state index in [1.807, 2.05) is 24.4 Å². The third-order valence-electron chi connectivity index (χ3n) is 5.90. The number of aryl methyl sites for hydroxylation is 1. The molecule has 0 amide bonds. The molecule has 31 heavy (non-hydrogen) atoms. The van der Waals surface area contributed by atoms with Crippen molar-refractivity contribution in [3.63, 3.8) is 0 Å². The van der Waals surface area contributed by atoms with E-state index in [1.54, 1.807) is 32.2 Å². The number of hydrogen-bond donors (Lipinski definition) is 0. The molecule has 0 radical (unpaired) electrons. The van der Waals surface area contributed by atoms with Gasteiger partial charge in [0.15, 0.2) is 5.76 Å². The van der Waals surface area contributed by atoms with E-state index in [4.69, 9.17) is 14.2 Å². The molecule has 1 aliphatic heterocycles. The second-order valence-corrected chi connectivity index (χ2v) is 7.95. The number of ketones is 1. The maximum atomic E-state index is 13.0. The van der Waals surface area contributed by atoms with Crippen LogP contribution in [0.5, 0.6) is 17.2 Å². The first-order chi connectivity index (χ1) is 15.0. The van der Waals surface area contributed by atoms with Crippen molar-refractivity contribution in [1.82, 2.24) is 4.57 Å². The number of carbonyl (C=O) groups is 2. The summed E-state index contributed by atoms with van der Waals surface area (Å²) < 4.78 is 19.0. The van der Waals surface area contributed by atoms with E-state index in [0.717, 1.165) is 41.6 Å². The smallest absolute Gasteiger partial charge is 0.314 e. The molecule has 0 unspecified atom stereocenters. The summed E-state index contributed by atoms with van der Waals surface area (Å²) in [6.45, 7) is 4.68. The molecule has 1 aliphatic carbocycles. The first-order valence-corrected chi connectivity index (χ1v) is 10.5. The Balaban J connectivity index is 1.52. The number of ether oxygens (including phenoxy) is 3. The van der Waals surface area contributed by atoms with E-state index in [1.165, 1.54) is 0 Å². The van der Waals surface area contributed by atoms with Gasteiger partial charge in [0.05, 0.1) is 18.6 Å². The maximum Gasteiger partial charge on any atom is 0.314 e. The number of nitrogens with zero attached hydrogens (tertiary/aromatic N) is 1. The summed E-state index contributed by atoms with van der Waals surface area (Å²) in [6.07, 6.45) is 5.53. The topological polar surface area (TPSA) is 66.8 Å². The molecule has 1 saturated carbocycles. The molecular weight excluding hydrogens is 394 g/mol. The normalized spacial score (nSPS) is 16.5. The van der Waals surface area contributed by atoms with Gasteiger partial charge in [-0.3, -0.25) is 9.59 Å². The Labute approximate surface area is 180 Å². The van der Waals surface area contributed by atoms with E-state index in [2.05, 4.69) is 11.5 Å². The Morgan fingerprint density at radius 1 is 1.26 bits per heavy atom. The van der Waals surface area contributed by atoms with Crippen molar-refractivity contribution in [1.29, 1.82) is 0 Å². The average molecular weight is 417 g/mol. The third-order valence-corrected chi connectivity index (χ3v) is 5.90. The highest BCUT2D eigenvalue weighted by molar-refractivity contribution is 6.15. The lowest BCUT2D eigenvalue weighted by molar-refractivity contribution is -0.135. The monoisotopic (exact) mass is 417 g/mol. The van der Waals surface area contributed by atoms with Crippen LogP contribution >= 0.6 is 0 Å². The fraction of sp³-hybridized carbons (Fsp3) is 0.280. The standard InChI is InChI=1S/C25H23NO5/c1-4-26-13-16(19-12-17(29-3)7-9-20(19)26)11-22-23(27)18-8-10-21(14(2)24(18)30-22)31-25(28)15-5-6-15/h7-13,15H,4-6H2,1-3H3. The minimum atomic E-state index is -0.218. The lowest BCUT2D eigenvalue weighted by Crippen LogP contribution is -2.10. The Morgan fingerprint density at radius 3 is 2.77 bits per heavy atom. The van der Waals surface area contributed by atoms with Gasteiger partial charge in [-0.05, 0) is 63.1 Å². The summed E-state index contributed by atoms with van der Waals surface area (Å²) in [7, 11) is 1.63. The Bertz CT molecular complexity index is 1260. The number of methoxy groups -OCH3 is 1. The van der Waals surface area contributed by atoms with Crippen LogP contribution in [0.1, 0.15) is 41.3 Å². The molecule has 0 spiro atoms. The number of aromatic nitrogens is 1. The number of carbonyl (C=O) groups excluding carboxylic acids is 2. The zero-order valence-corrected chi connectivity index (χ0v) is 17.7. The van der Waals surface area contributed by atoms with Crippen molar-refractivity contribution >= 4 is 28.7 Å². The summed E-state index contributed by atoms with van der Waals surface area (Å²) >= 11 is 0. The zero-order valence-electron chi connectivity index (χ0n) is 17.7. The lowest BCUT2D eigenvalue weighted by atomic mass is 10.1. The van der Waals surface area contributed by atoms with Gasteiger partial charge in [-0.15, -0.1) is 0 Å². The van der Waals surface area contributed by atoms with Crippen LogP contribution in [-0.2, 0) is 11.3 Å². The van der Waals surface area contributed by atoms with Crippen LogP contribution < -0.4 is 14.2 Å². The molecule has 0 saturated heterocycles. The van der Waals surface area contributed by atoms with E-state index < -0.39 is 0 Å². The molecule has 6 heteroatoms. The predicted molar refractivity (Wildman–Crippen MR) is 117 cm³/mol. The van der Waals surface area contributed by atoms with E-state index in [9.17, 15) is 9.59 Å². The summed E-state index contributed by atoms with van der Waals surface area (Å²) in [4.78, 5) is 25.1. The summed E-state index contributed by atoms with van der Waals surface area (Å²) in [5, 5.41) is 0.983. The molecule has 6 nitrogen and oxygen atoms in total. The highest BCUT2D eigenvalue weighted by Gasteiger charge is 2.34. The second kappa shape index (κ2) is 7.30. The number of benzene rings is 2. The van der Waals surface area contributed by atoms with E-state index >= 15 is 0 Å². The van der Waals surface area contributed by atoms with Crippen LogP contribution in [0.4, 0.5) is 0 Å². The van der Waals surface area contributed by atoms with Gasteiger partial charge >= 0.3 is 5.97 Å². The van der Waals surface area contributed by atoms with Crippen molar-refractivity contribution in [2.75, 3.05) is 7.11 Å². The molecule has 0 bridgehead atoms. The Kier molecular flexibility index (Phi) is 4.58. The van der Waals surface area contributed by atoms with Crippen LogP contribution in [0.15, 0.2) is 42.3 Å². The van der Waals surface area contributed by atoms with Crippen molar-refractivity contribution in [2.45, 2.75) is 33.2 Å². The van der Waals surface area contributed by atoms with Crippen molar-refractivity contribution in [3.8, 4) is 17.2 Å². The molecule has 2 aromatic carbocycles. The molecule has 2 aliphatic rings. The molecular formula is C25H23NO5. The molecule has 5 rings (SSSR count).